The minimum absolute atomic E-state index is 0.419. The molecule has 1 aliphatic rings. The largest absolute Gasteiger partial charge is 0.377 e. The van der Waals surface area contributed by atoms with Crippen LogP contribution in [0.15, 0.2) is 0 Å². The van der Waals surface area contributed by atoms with Gasteiger partial charge in [0, 0.05) is 32.7 Å². The lowest BCUT2D eigenvalue weighted by molar-refractivity contribution is 0.0443. The van der Waals surface area contributed by atoms with Gasteiger partial charge in [-0.2, -0.15) is 0 Å². The van der Waals surface area contributed by atoms with Gasteiger partial charge < -0.3 is 10.1 Å². The Balaban J connectivity index is 1.98. The number of nitrogens with one attached hydrogen (secondary N) is 1. The van der Waals surface area contributed by atoms with Crippen molar-refractivity contribution in [2.75, 3.05) is 39.3 Å². The summed E-state index contributed by atoms with van der Waals surface area (Å²) in [6.07, 6.45) is 1.53. The predicted octanol–water partition coefficient (Wildman–Crippen LogP) is 0.707. The third-order valence-corrected chi connectivity index (χ3v) is 2.59. The molecule has 1 aliphatic heterocycles. The summed E-state index contributed by atoms with van der Waals surface area (Å²) in [7, 11) is 0. The SMILES string of the molecule is CCC(C)OCCN1CCNCC1. The summed E-state index contributed by atoms with van der Waals surface area (Å²) in [5.74, 6) is 0. The van der Waals surface area contributed by atoms with Gasteiger partial charge in [0.2, 0.25) is 0 Å². The zero-order valence-corrected chi connectivity index (χ0v) is 8.88. The second-order valence-corrected chi connectivity index (χ2v) is 3.68. The van der Waals surface area contributed by atoms with Crippen molar-refractivity contribution >= 4 is 0 Å². The van der Waals surface area contributed by atoms with Crippen LogP contribution in [-0.2, 0) is 4.74 Å². The van der Waals surface area contributed by atoms with Crippen LogP contribution in [0.5, 0.6) is 0 Å². The van der Waals surface area contributed by atoms with Gasteiger partial charge in [-0.3, -0.25) is 4.90 Å². The van der Waals surface area contributed by atoms with Crippen LogP contribution in [0.4, 0.5) is 0 Å². The minimum Gasteiger partial charge on any atom is -0.377 e. The zero-order valence-electron chi connectivity index (χ0n) is 8.88. The Kier molecular flexibility index (Phi) is 5.35. The van der Waals surface area contributed by atoms with Crippen molar-refractivity contribution in [3.05, 3.63) is 0 Å². The Bertz CT molecular complexity index is 124. The first-order chi connectivity index (χ1) is 6.33. The van der Waals surface area contributed by atoms with Crippen molar-refractivity contribution in [3.63, 3.8) is 0 Å². The van der Waals surface area contributed by atoms with Crippen molar-refractivity contribution < 1.29 is 4.74 Å². The number of hydrogen-bond acceptors (Lipinski definition) is 3. The highest BCUT2D eigenvalue weighted by Crippen LogP contribution is 1.97. The van der Waals surface area contributed by atoms with E-state index < -0.39 is 0 Å². The maximum absolute atomic E-state index is 5.63. The van der Waals surface area contributed by atoms with E-state index in [-0.39, 0.29) is 0 Å². The van der Waals surface area contributed by atoms with E-state index in [1.54, 1.807) is 0 Å². The molecule has 1 fully saturated rings. The molecular weight excluding hydrogens is 164 g/mol. The van der Waals surface area contributed by atoms with E-state index in [1.807, 2.05) is 0 Å². The average molecular weight is 186 g/mol. The first-order valence-corrected chi connectivity index (χ1v) is 5.37. The second kappa shape index (κ2) is 6.35. The van der Waals surface area contributed by atoms with Crippen LogP contribution in [-0.4, -0.2) is 50.3 Å². The molecule has 0 saturated carbocycles. The first kappa shape index (κ1) is 11.0. The number of rotatable bonds is 5. The van der Waals surface area contributed by atoms with Gasteiger partial charge >= 0.3 is 0 Å². The van der Waals surface area contributed by atoms with Crippen LogP contribution in [0.3, 0.4) is 0 Å². The van der Waals surface area contributed by atoms with Gasteiger partial charge in [0.05, 0.1) is 12.7 Å². The molecule has 1 unspecified atom stereocenters. The fourth-order valence-electron chi connectivity index (χ4n) is 1.44. The van der Waals surface area contributed by atoms with Crippen LogP contribution in [0.1, 0.15) is 20.3 Å². The molecule has 0 radical (unpaired) electrons. The zero-order chi connectivity index (χ0) is 9.52. The molecule has 0 aromatic rings. The molecule has 1 rings (SSSR count). The maximum atomic E-state index is 5.63. The summed E-state index contributed by atoms with van der Waals surface area (Å²) in [4.78, 5) is 2.46. The molecule has 13 heavy (non-hydrogen) atoms. The molecule has 3 nitrogen and oxygen atoms in total. The summed E-state index contributed by atoms with van der Waals surface area (Å²) in [6.45, 7) is 10.9. The standard InChI is InChI=1S/C10H22N2O/c1-3-10(2)13-9-8-12-6-4-11-5-7-12/h10-11H,3-9H2,1-2H3. The summed E-state index contributed by atoms with van der Waals surface area (Å²) >= 11 is 0. The number of hydrogen-bond donors (Lipinski definition) is 1. The minimum atomic E-state index is 0.419. The molecule has 78 valence electrons. The van der Waals surface area contributed by atoms with Gasteiger partial charge in [0.25, 0.3) is 0 Å². The lowest BCUT2D eigenvalue weighted by Gasteiger charge is -2.27. The molecule has 0 amide bonds. The fourth-order valence-corrected chi connectivity index (χ4v) is 1.44. The monoisotopic (exact) mass is 186 g/mol. The Hall–Kier alpha value is -0.120. The highest BCUT2D eigenvalue weighted by molar-refractivity contribution is 4.66. The van der Waals surface area contributed by atoms with Gasteiger partial charge in [0.1, 0.15) is 0 Å². The summed E-state index contributed by atoms with van der Waals surface area (Å²) < 4.78 is 5.63. The van der Waals surface area contributed by atoms with E-state index in [1.165, 1.54) is 13.1 Å². The van der Waals surface area contributed by atoms with E-state index in [0.29, 0.717) is 6.10 Å². The summed E-state index contributed by atoms with van der Waals surface area (Å²) in [5.41, 5.74) is 0. The highest BCUT2D eigenvalue weighted by atomic mass is 16.5. The molecule has 1 heterocycles. The van der Waals surface area contributed by atoms with Crippen LogP contribution < -0.4 is 5.32 Å². The van der Waals surface area contributed by atoms with Crippen molar-refractivity contribution in [2.24, 2.45) is 0 Å². The van der Waals surface area contributed by atoms with Crippen molar-refractivity contribution in [1.29, 1.82) is 0 Å². The summed E-state index contributed by atoms with van der Waals surface area (Å²) in [5, 5.41) is 3.34. The van der Waals surface area contributed by atoms with E-state index >= 15 is 0 Å². The van der Waals surface area contributed by atoms with Gasteiger partial charge in [-0.05, 0) is 13.3 Å². The third kappa shape index (κ3) is 4.60. The normalized spacial score (nSPS) is 21.7. The van der Waals surface area contributed by atoms with Crippen LogP contribution in [0.2, 0.25) is 0 Å². The molecule has 0 bridgehead atoms. The third-order valence-electron chi connectivity index (χ3n) is 2.59. The van der Waals surface area contributed by atoms with Crippen LogP contribution in [0.25, 0.3) is 0 Å². The van der Waals surface area contributed by atoms with E-state index in [0.717, 1.165) is 32.7 Å². The molecule has 1 N–H and O–H groups in total. The summed E-state index contributed by atoms with van der Waals surface area (Å²) in [6, 6.07) is 0. The van der Waals surface area contributed by atoms with Crippen LogP contribution >= 0.6 is 0 Å². The van der Waals surface area contributed by atoms with Crippen molar-refractivity contribution in [2.45, 2.75) is 26.4 Å². The Morgan fingerprint density at radius 1 is 1.38 bits per heavy atom. The number of nitrogens with zero attached hydrogens (tertiary/aromatic N) is 1. The number of ether oxygens (including phenoxy) is 1. The molecular formula is C10H22N2O. The van der Waals surface area contributed by atoms with Gasteiger partial charge in [0.15, 0.2) is 0 Å². The van der Waals surface area contributed by atoms with Gasteiger partial charge in [-0.1, -0.05) is 6.92 Å². The van der Waals surface area contributed by atoms with Gasteiger partial charge in [-0.25, -0.2) is 0 Å². The molecule has 0 aromatic heterocycles. The van der Waals surface area contributed by atoms with Crippen molar-refractivity contribution in [3.8, 4) is 0 Å². The topological polar surface area (TPSA) is 24.5 Å². The fraction of sp³-hybridized carbons (Fsp3) is 1.00. The average Bonchev–Trinajstić information content (AvgIpc) is 2.19. The van der Waals surface area contributed by atoms with E-state index in [4.69, 9.17) is 4.74 Å². The Morgan fingerprint density at radius 2 is 2.08 bits per heavy atom. The van der Waals surface area contributed by atoms with E-state index in [2.05, 4.69) is 24.1 Å². The molecule has 1 saturated heterocycles. The lowest BCUT2D eigenvalue weighted by atomic mass is 10.3. The molecule has 1 atom stereocenters. The van der Waals surface area contributed by atoms with Crippen LogP contribution in [0, 0.1) is 0 Å². The highest BCUT2D eigenvalue weighted by Gasteiger charge is 2.08. The lowest BCUT2D eigenvalue weighted by Crippen LogP contribution is -2.44. The molecule has 0 aromatic carbocycles. The maximum Gasteiger partial charge on any atom is 0.0597 e. The Morgan fingerprint density at radius 3 is 2.69 bits per heavy atom. The quantitative estimate of drug-likeness (QED) is 0.684. The molecule has 0 aliphatic carbocycles. The van der Waals surface area contributed by atoms with Crippen molar-refractivity contribution in [1.82, 2.24) is 10.2 Å². The Labute approximate surface area is 81.4 Å². The van der Waals surface area contributed by atoms with E-state index in [9.17, 15) is 0 Å². The molecule has 3 heteroatoms. The smallest absolute Gasteiger partial charge is 0.0597 e. The predicted molar refractivity (Wildman–Crippen MR) is 55.0 cm³/mol. The molecule has 0 spiro atoms. The first-order valence-electron chi connectivity index (χ1n) is 5.37. The number of piperazine rings is 1. The second-order valence-electron chi connectivity index (χ2n) is 3.68. The van der Waals surface area contributed by atoms with Gasteiger partial charge in [-0.15, -0.1) is 0 Å².